The third-order valence-electron chi connectivity index (χ3n) is 7.93. The second-order valence-electron chi connectivity index (χ2n) is 10.1. The lowest BCUT2D eigenvalue weighted by molar-refractivity contribution is -0.138. The molecule has 8 heteroatoms. The Morgan fingerprint density at radius 1 is 1.12 bits per heavy atom. The molecule has 0 fully saturated rings. The predicted octanol–water partition coefficient (Wildman–Crippen LogP) is 9.68. The van der Waals surface area contributed by atoms with Gasteiger partial charge in [0.2, 0.25) is 0 Å². The largest absolute Gasteiger partial charge is 0.493 e. The van der Waals surface area contributed by atoms with E-state index < -0.39 is 17.2 Å². The molecule has 0 radical (unpaired) electrons. The van der Waals surface area contributed by atoms with Crippen molar-refractivity contribution in [2.24, 2.45) is 0 Å². The summed E-state index contributed by atoms with van der Waals surface area (Å²) in [4.78, 5) is 5.98. The fraction of sp³-hybridized carbons (Fsp3) is 0.424. The van der Waals surface area contributed by atoms with Crippen molar-refractivity contribution in [2.45, 2.75) is 77.9 Å². The summed E-state index contributed by atoms with van der Waals surface area (Å²) >= 11 is 6.81. The van der Waals surface area contributed by atoms with Crippen molar-refractivity contribution in [2.75, 3.05) is 18.1 Å². The average molecular weight is 587 g/mol. The molecule has 0 N–H and O–H groups in total. The average Bonchev–Trinajstić information content (AvgIpc) is 3.48. The number of benzene rings is 2. The van der Waals surface area contributed by atoms with Crippen molar-refractivity contribution in [3.8, 4) is 11.5 Å². The zero-order valence-electron chi connectivity index (χ0n) is 24.4. The molecule has 0 saturated carbocycles. The van der Waals surface area contributed by atoms with Gasteiger partial charge in [-0.05, 0) is 48.9 Å². The Morgan fingerprint density at radius 2 is 1.83 bits per heavy atom. The Morgan fingerprint density at radius 3 is 2.49 bits per heavy atom. The lowest BCUT2D eigenvalue weighted by atomic mass is 9.71. The van der Waals surface area contributed by atoms with Crippen molar-refractivity contribution in [3.63, 3.8) is 0 Å². The van der Waals surface area contributed by atoms with E-state index in [1.165, 1.54) is 12.3 Å². The summed E-state index contributed by atoms with van der Waals surface area (Å²) in [7, 11) is 0. The van der Waals surface area contributed by atoms with Crippen LogP contribution in [-0.2, 0) is 18.1 Å². The van der Waals surface area contributed by atoms with Crippen molar-refractivity contribution in [1.82, 2.24) is 4.98 Å². The van der Waals surface area contributed by atoms with Gasteiger partial charge in [-0.25, -0.2) is 0 Å². The summed E-state index contributed by atoms with van der Waals surface area (Å²) in [5.41, 5.74) is 2.65. The normalized spacial score (nSPS) is 17.3. The number of anilines is 1. The highest BCUT2D eigenvalue weighted by Gasteiger charge is 2.55. The van der Waals surface area contributed by atoms with Crippen LogP contribution in [0.4, 0.5) is 18.9 Å². The molecule has 2 aliphatic heterocycles. The molecule has 3 heterocycles. The van der Waals surface area contributed by atoms with Crippen LogP contribution in [0, 0.1) is 0 Å². The lowest BCUT2D eigenvalue weighted by Gasteiger charge is -2.32. The molecular weight excluding hydrogens is 549 g/mol. The van der Waals surface area contributed by atoms with E-state index in [1.54, 1.807) is 0 Å². The monoisotopic (exact) mass is 586 g/mol. The topological polar surface area (TPSA) is 34.6 Å². The first-order valence-electron chi connectivity index (χ1n) is 14.4. The number of nitrogens with zero attached hydrogens (tertiary/aromatic N) is 2. The number of hydrogen-bond acceptors (Lipinski definition) is 4. The summed E-state index contributed by atoms with van der Waals surface area (Å²) in [5, 5.41) is 0.454. The van der Waals surface area contributed by atoms with E-state index >= 15 is 0 Å². The Balaban J connectivity index is 0.00000189. The van der Waals surface area contributed by atoms with Gasteiger partial charge in [-0.2, -0.15) is 13.2 Å². The van der Waals surface area contributed by atoms with Crippen molar-refractivity contribution in [3.05, 3.63) is 93.9 Å². The van der Waals surface area contributed by atoms with Gasteiger partial charge in [0.25, 0.3) is 0 Å². The van der Waals surface area contributed by atoms with E-state index in [2.05, 4.69) is 32.3 Å². The molecular formula is C33H38ClF3N2O2. The van der Waals surface area contributed by atoms with Crippen LogP contribution in [0.25, 0.3) is 0 Å². The van der Waals surface area contributed by atoms with Gasteiger partial charge in [-0.15, -0.1) is 0 Å². The molecule has 0 amide bonds. The highest BCUT2D eigenvalue weighted by Crippen LogP contribution is 2.61. The Kier molecular flexibility index (Phi) is 9.27. The third kappa shape index (κ3) is 5.18. The zero-order chi connectivity index (χ0) is 29.9. The van der Waals surface area contributed by atoms with Crippen LogP contribution < -0.4 is 14.4 Å². The molecule has 4 nitrogen and oxygen atoms in total. The van der Waals surface area contributed by atoms with Gasteiger partial charge < -0.3 is 14.4 Å². The summed E-state index contributed by atoms with van der Waals surface area (Å²) in [5.74, 6) is 1.49. The molecule has 2 aliphatic rings. The second kappa shape index (κ2) is 12.4. The molecule has 1 atom stereocenters. The van der Waals surface area contributed by atoms with Gasteiger partial charge in [0.05, 0.1) is 34.8 Å². The van der Waals surface area contributed by atoms with Crippen LogP contribution in [0.1, 0.15) is 87.7 Å². The quantitative estimate of drug-likeness (QED) is 0.263. The molecule has 41 heavy (non-hydrogen) atoms. The Labute approximate surface area is 246 Å². The molecule has 1 aromatic heterocycles. The zero-order valence-corrected chi connectivity index (χ0v) is 25.1. The van der Waals surface area contributed by atoms with Crippen molar-refractivity contribution < 1.29 is 22.6 Å². The van der Waals surface area contributed by atoms with E-state index in [0.717, 1.165) is 53.5 Å². The van der Waals surface area contributed by atoms with Gasteiger partial charge in [-0.3, -0.25) is 4.98 Å². The van der Waals surface area contributed by atoms with Crippen LogP contribution in [0.5, 0.6) is 11.5 Å². The van der Waals surface area contributed by atoms with Crippen molar-refractivity contribution >= 4 is 17.3 Å². The second-order valence-corrected chi connectivity index (χ2v) is 10.5. The highest BCUT2D eigenvalue weighted by atomic mass is 35.5. The Bertz CT molecular complexity index is 1400. The first kappa shape index (κ1) is 30.8. The molecule has 3 aromatic rings. The van der Waals surface area contributed by atoms with Gasteiger partial charge in [-0.1, -0.05) is 71.0 Å². The number of aromatic nitrogens is 1. The number of pyridine rings is 1. The lowest BCUT2D eigenvalue weighted by Crippen LogP contribution is -2.34. The molecule has 0 saturated heterocycles. The van der Waals surface area contributed by atoms with E-state index in [4.69, 9.17) is 21.1 Å². The number of ether oxygens (including phenoxy) is 2. The maximum atomic E-state index is 13.9. The summed E-state index contributed by atoms with van der Waals surface area (Å²) in [6.07, 6.45) is -0.532. The third-order valence-corrected chi connectivity index (χ3v) is 8.21. The number of rotatable bonds is 8. The van der Waals surface area contributed by atoms with Crippen molar-refractivity contribution in [1.29, 1.82) is 0 Å². The number of para-hydroxylation sites is 1. The summed E-state index contributed by atoms with van der Waals surface area (Å²) in [6, 6.07) is 12.0. The smallest absolute Gasteiger partial charge is 0.418 e. The molecule has 0 aliphatic carbocycles. The van der Waals surface area contributed by atoms with Crippen LogP contribution in [-0.4, -0.2) is 18.2 Å². The number of halogens is 4. The number of hydrogen-bond donors (Lipinski definition) is 0. The molecule has 2 aromatic carbocycles. The minimum absolute atomic E-state index is 0.0598. The fourth-order valence-electron chi connectivity index (χ4n) is 6.07. The van der Waals surface area contributed by atoms with Crippen LogP contribution in [0.2, 0.25) is 5.02 Å². The standard InChI is InChI=1S/C31H32ClF3N2O2.C2H6/c1-5-15-38-26-16-23(32)29-28(27(26)20(6-2)7-3)30(18-39-29)19(4)37(25-13-9-8-11-22(25)30)17-24-21(31(33,34)35)12-10-14-36-24;1-2/h8-14,16,20H,4-7,15,17-18H2,1-3H3;1-2H3. The molecule has 220 valence electrons. The molecule has 0 bridgehead atoms. The van der Waals surface area contributed by atoms with Crippen LogP contribution in [0.15, 0.2) is 60.9 Å². The minimum Gasteiger partial charge on any atom is -0.493 e. The first-order chi connectivity index (χ1) is 19.7. The minimum atomic E-state index is -4.52. The van der Waals surface area contributed by atoms with Gasteiger partial charge >= 0.3 is 6.18 Å². The number of alkyl halides is 3. The fourth-order valence-corrected chi connectivity index (χ4v) is 6.32. The molecule has 1 unspecified atom stereocenters. The maximum absolute atomic E-state index is 13.9. The molecule has 5 rings (SSSR count). The first-order valence-corrected chi connectivity index (χ1v) is 14.8. The van der Waals surface area contributed by atoms with E-state index in [1.807, 2.05) is 49.1 Å². The van der Waals surface area contributed by atoms with Crippen LogP contribution >= 0.6 is 11.6 Å². The van der Waals surface area contributed by atoms with E-state index in [9.17, 15) is 13.2 Å². The summed E-state index contributed by atoms with van der Waals surface area (Å²) < 4.78 is 54.3. The SMILES string of the molecule is C=C1N(Cc2ncccc2C(F)(F)F)c2ccccc2C12COc1c(Cl)cc(OCCC)c(C(CC)CC)c12.CC. The predicted molar refractivity (Wildman–Crippen MR) is 159 cm³/mol. The molecule has 1 spiro atoms. The maximum Gasteiger partial charge on any atom is 0.418 e. The van der Waals surface area contributed by atoms with Gasteiger partial charge in [0, 0.05) is 34.8 Å². The van der Waals surface area contributed by atoms with E-state index in [0.29, 0.717) is 23.1 Å². The van der Waals surface area contributed by atoms with Gasteiger partial charge in [0.15, 0.2) is 0 Å². The highest BCUT2D eigenvalue weighted by molar-refractivity contribution is 6.32. The van der Waals surface area contributed by atoms with Gasteiger partial charge in [0.1, 0.15) is 18.1 Å². The number of fused-ring (bicyclic) bond motifs is 4. The van der Waals surface area contributed by atoms with Crippen LogP contribution in [0.3, 0.4) is 0 Å². The van der Waals surface area contributed by atoms with E-state index in [-0.39, 0.29) is 24.8 Å². The Hall–Kier alpha value is -3.19. The summed E-state index contributed by atoms with van der Waals surface area (Å²) in [6.45, 7) is 15.5.